The number of hydrogen-bond acceptors (Lipinski definition) is 6. The van der Waals surface area contributed by atoms with Gasteiger partial charge in [0.25, 0.3) is 5.91 Å². The number of aromatic nitrogens is 2. The molecule has 0 unspecified atom stereocenters. The fraction of sp³-hybridized carbons (Fsp3) is 0.389. The molecule has 0 atom stereocenters. The van der Waals surface area contributed by atoms with E-state index in [0.29, 0.717) is 30.6 Å². The van der Waals surface area contributed by atoms with E-state index < -0.39 is 0 Å². The Morgan fingerprint density at radius 2 is 1.80 bits per heavy atom. The Bertz CT molecular complexity index is 688. The van der Waals surface area contributed by atoms with Gasteiger partial charge in [0.05, 0.1) is 7.11 Å². The van der Waals surface area contributed by atoms with Crippen LogP contribution in [0.3, 0.4) is 0 Å². The average molecular weight is 343 g/mol. The number of likely N-dealkylation sites (tertiary alicyclic amines) is 1. The maximum Gasteiger partial charge on any atom is 0.316 e. The second kappa shape index (κ2) is 8.32. The number of nitrogens with zero attached hydrogens (tertiary/aromatic N) is 3. The highest BCUT2D eigenvalue weighted by Crippen LogP contribution is 2.25. The maximum atomic E-state index is 12.3. The molecule has 1 aromatic carbocycles. The van der Waals surface area contributed by atoms with Gasteiger partial charge in [0, 0.05) is 38.3 Å². The highest BCUT2D eigenvalue weighted by atomic mass is 16.5. The van der Waals surface area contributed by atoms with E-state index in [4.69, 9.17) is 14.2 Å². The molecule has 1 fully saturated rings. The van der Waals surface area contributed by atoms with Gasteiger partial charge in [-0.15, -0.1) is 0 Å². The fourth-order valence-electron chi connectivity index (χ4n) is 2.69. The van der Waals surface area contributed by atoms with E-state index in [2.05, 4.69) is 9.97 Å². The van der Waals surface area contributed by atoms with Crippen LogP contribution in [0.1, 0.15) is 12.8 Å². The van der Waals surface area contributed by atoms with Gasteiger partial charge in [-0.05, 0) is 18.2 Å². The first-order chi connectivity index (χ1) is 12.3. The number of carbonyl (C=O) groups excluding carboxylic acids is 1. The van der Waals surface area contributed by atoms with Gasteiger partial charge >= 0.3 is 6.01 Å². The molecule has 0 N–H and O–H groups in total. The molecule has 3 rings (SSSR count). The standard InChI is InChI=1S/C18H21N3O4/c1-23-15-5-2-3-6-16(15)24-13-17(22)21-11-7-14(8-12-21)25-18-19-9-4-10-20-18/h2-6,9-10,14H,7-8,11-13H2,1H3. The van der Waals surface area contributed by atoms with Crippen molar-refractivity contribution in [1.29, 1.82) is 0 Å². The number of piperidine rings is 1. The summed E-state index contributed by atoms with van der Waals surface area (Å²) in [5.41, 5.74) is 0. The predicted molar refractivity (Wildman–Crippen MR) is 90.8 cm³/mol. The first-order valence-electron chi connectivity index (χ1n) is 8.23. The lowest BCUT2D eigenvalue weighted by molar-refractivity contribution is -0.135. The van der Waals surface area contributed by atoms with E-state index in [1.807, 2.05) is 12.1 Å². The Labute approximate surface area is 146 Å². The molecule has 0 saturated carbocycles. The molecule has 0 spiro atoms. The average Bonchev–Trinajstić information content (AvgIpc) is 2.67. The molecule has 132 valence electrons. The second-order valence-electron chi connectivity index (χ2n) is 5.67. The van der Waals surface area contributed by atoms with Gasteiger partial charge in [0.1, 0.15) is 6.10 Å². The maximum absolute atomic E-state index is 12.3. The molecule has 25 heavy (non-hydrogen) atoms. The van der Waals surface area contributed by atoms with Crippen molar-refractivity contribution in [3.63, 3.8) is 0 Å². The van der Waals surface area contributed by atoms with Gasteiger partial charge in [-0.3, -0.25) is 4.79 Å². The minimum absolute atomic E-state index is 0.00626. The molecular formula is C18H21N3O4. The number of hydrogen-bond donors (Lipinski definition) is 0. The van der Waals surface area contributed by atoms with Crippen LogP contribution in [0, 0.1) is 0 Å². The molecule has 1 aromatic heterocycles. The molecule has 1 aliphatic rings. The smallest absolute Gasteiger partial charge is 0.316 e. The molecule has 1 saturated heterocycles. The van der Waals surface area contributed by atoms with Crippen molar-refractivity contribution < 1.29 is 19.0 Å². The minimum Gasteiger partial charge on any atom is -0.493 e. The van der Waals surface area contributed by atoms with Crippen LogP contribution in [-0.2, 0) is 4.79 Å². The Morgan fingerprint density at radius 1 is 1.12 bits per heavy atom. The summed E-state index contributed by atoms with van der Waals surface area (Å²) in [6.45, 7) is 1.25. The van der Waals surface area contributed by atoms with E-state index in [1.165, 1.54) is 0 Å². The number of amides is 1. The van der Waals surface area contributed by atoms with E-state index in [9.17, 15) is 4.79 Å². The van der Waals surface area contributed by atoms with Crippen molar-refractivity contribution in [3.8, 4) is 17.5 Å². The van der Waals surface area contributed by atoms with Gasteiger partial charge in [-0.25, -0.2) is 9.97 Å². The van der Waals surface area contributed by atoms with Gasteiger partial charge < -0.3 is 19.1 Å². The number of methoxy groups -OCH3 is 1. The molecule has 1 amide bonds. The first kappa shape index (κ1) is 17.0. The van der Waals surface area contributed by atoms with Gasteiger partial charge in [0.2, 0.25) is 0 Å². The lowest BCUT2D eigenvalue weighted by atomic mass is 10.1. The number of ether oxygens (including phenoxy) is 3. The van der Waals surface area contributed by atoms with E-state index >= 15 is 0 Å². The third-order valence-electron chi connectivity index (χ3n) is 4.03. The quantitative estimate of drug-likeness (QED) is 0.798. The summed E-state index contributed by atoms with van der Waals surface area (Å²) in [5, 5.41) is 0. The van der Waals surface area contributed by atoms with Crippen LogP contribution in [0.25, 0.3) is 0 Å². The summed E-state index contributed by atoms with van der Waals surface area (Å²) in [6, 6.07) is 9.41. The molecule has 2 aromatic rings. The summed E-state index contributed by atoms with van der Waals surface area (Å²) in [6.07, 6.45) is 4.82. The van der Waals surface area contributed by atoms with Crippen LogP contribution in [0.5, 0.6) is 17.5 Å². The Morgan fingerprint density at radius 3 is 2.48 bits per heavy atom. The number of para-hydroxylation sites is 2. The highest BCUT2D eigenvalue weighted by molar-refractivity contribution is 5.78. The Balaban J connectivity index is 1.45. The monoisotopic (exact) mass is 343 g/mol. The fourth-order valence-corrected chi connectivity index (χ4v) is 2.69. The summed E-state index contributed by atoms with van der Waals surface area (Å²) in [4.78, 5) is 22.2. The van der Waals surface area contributed by atoms with E-state index in [1.54, 1.807) is 42.6 Å². The first-order valence-corrected chi connectivity index (χ1v) is 8.23. The molecule has 0 radical (unpaired) electrons. The Hall–Kier alpha value is -2.83. The largest absolute Gasteiger partial charge is 0.493 e. The van der Waals surface area contributed by atoms with Crippen molar-refractivity contribution in [1.82, 2.24) is 14.9 Å². The summed E-state index contributed by atoms with van der Waals surface area (Å²) in [5.74, 6) is 1.14. The van der Waals surface area contributed by atoms with Crippen molar-refractivity contribution in [2.75, 3.05) is 26.8 Å². The number of rotatable bonds is 6. The van der Waals surface area contributed by atoms with Crippen LogP contribution in [0.15, 0.2) is 42.7 Å². The summed E-state index contributed by atoms with van der Waals surface area (Å²) < 4.78 is 16.5. The zero-order valence-electron chi connectivity index (χ0n) is 14.1. The zero-order valence-corrected chi connectivity index (χ0v) is 14.1. The van der Waals surface area contributed by atoms with Gasteiger partial charge in [0.15, 0.2) is 18.1 Å². The molecule has 0 aliphatic carbocycles. The molecule has 7 nitrogen and oxygen atoms in total. The predicted octanol–water partition coefficient (Wildman–Crippen LogP) is 1.93. The second-order valence-corrected chi connectivity index (χ2v) is 5.67. The summed E-state index contributed by atoms with van der Waals surface area (Å²) >= 11 is 0. The number of benzene rings is 1. The SMILES string of the molecule is COc1ccccc1OCC(=O)N1CCC(Oc2ncccn2)CC1. The van der Waals surface area contributed by atoms with Gasteiger partial charge in [-0.1, -0.05) is 12.1 Å². The lowest BCUT2D eigenvalue weighted by Gasteiger charge is -2.31. The zero-order chi connectivity index (χ0) is 17.5. The molecule has 0 bridgehead atoms. The lowest BCUT2D eigenvalue weighted by Crippen LogP contribution is -2.43. The molecule has 2 heterocycles. The van der Waals surface area contributed by atoms with Crippen LogP contribution in [0.2, 0.25) is 0 Å². The van der Waals surface area contributed by atoms with E-state index in [0.717, 1.165) is 12.8 Å². The molecular weight excluding hydrogens is 322 g/mol. The van der Waals surface area contributed by atoms with Crippen LogP contribution < -0.4 is 14.2 Å². The normalized spacial score (nSPS) is 14.8. The Kier molecular flexibility index (Phi) is 5.66. The van der Waals surface area contributed by atoms with Crippen molar-refractivity contribution in [2.45, 2.75) is 18.9 Å². The van der Waals surface area contributed by atoms with Crippen LogP contribution in [-0.4, -0.2) is 53.7 Å². The molecule has 1 aliphatic heterocycles. The van der Waals surface area contributed by atoms with Gasteiger partial charge in [-0.2, -0.15) is 0 Å². The van der Waals surface area contributed by atoms with E-state index in [-0.39, 0.29) is 18.6 Å². The van der Waals surface area contributed by atoms with Crippen molar-refractivity contribution >= 4 is 5.91 Å². The van der Waals surface area contributed by atoms with Crippen molar-refractivity contribution in [2.24, 2.45) is 0 Å². The van der Waals surface area contributed by atoms with Crippen molar-refractivity contribution in [3.05, 3.63) is 42.7 Å². The number of carbonyl (C=O) groups is 1. The van der Waals surface area contributed by atoms with Crippen LogP contribution >= 0.6 is 0 Å². The summed E-state index contributed by atoms with van der Waals surface area (Å²) in [7, 11) is 1.57. The minimum atomic E-state index is -0.0414. The van der Waals surface area contributed by atoms with Crippen LogP contribution in [0.4, 0.5) is 0 Å². The molecule has 7 heteroatoms. The third kappa shape index (κ3) is 4.59. The third-order valence-corrected chi connectivity index (χ3v) is 4.03. The topological polar surface area (TPSA) is 73.8 Å². The highest BCUT2D eigenvalue weighted by Gasteiger charge is 2.24.